The van der Waals surface area contributed by atoms with E-state index in [2.05, 4.69) is 0 Å². The summed E-state index contributed by atoms with van der Waals surface area (Å²) in [6, 6.07) is 8.42. The molecule has 3 nitrogen and oxygen atoms in total. The van der Waals surface area contributed by atoms with Crippen LogP contribution in [-0.2, 0) is 4.74 Å². The first kappa shape index (κ1) is 14.0. The Morgan fingerprint density at radius 1 is 1.24 bits per heavy atom. The van der Waals surface area contributed by atoms with Crippen LogP contribution in [0.1, 0.15) is 16.6 Å². The Morgan fingerprint density at radius 2 is 2.00 bits per heavy atom. The number of hydrogen-bond donors (Lipinski definition) is 1. The number of benzene rings is 1. The van der Waals surface area contributed by atoms with Gasteiger partial charge in [0.15, 0.2) is 0 Å². The Morgan fingerprint density at radius 3 is 2.76 bits per heavy atom. The second-order valence-corrected chi connectivity index (χ2v) is 6.54. The molecule has 0 fully saturated rings. The quantitative estimate of drug-likeness (QED) is 0.721. The minimum absolute atomic E-state index is 0.256. The van der Waals surface area contributed by atoms with Crippen molar-refractivity contribution in [2.45, 2.75) is 6.92 Å². The highest BCUT2D eigenvalue weighted by atomic mass is 32.1. The van der Waals surface area contributed by atoms with Crippen LogP contribution in [0.2, 0.25) is 0 Å². The lowest BCUT2D eigenvalue weighted by molar-refractivity contribution is 0.0533. The minimum atomic E-state index is -0.404. The van der Waals surface area contributed by atoms with Crippen molar-refractivity contribution in [3.05, 3.63) is 41.0 Å². The van der Waals surface area contributed by atoms with E-state index in [4.69, 9.17) is 10.5 Å². The van der Waals surface area contributed by atoms with Gasteiger partial charge in [-0.15, -0.1) is 22.7 Å². The van der Waals surface area contributed by atoms with Crippen molar-refractivity contribution in [2.24, 2.45) is 0 Å². The maximum atomic E-state index is 13.2. The highest BCUT2D eigenvalue weighted by Gasteiger charge is 2.17. The number of esters is 1. The fourth-order valence-corrected chi connectivity index (χ4v) is 4.14. The van der Waals surface area contributed by atoms with Gasteiger partial charge in [0.1, 0.15) is 10.7 Å². The summed E-state index contributed by atoms with van der Waals surface area (Å²) in [5.41, 5.74) is 6.30. The molecule has 2 aromatic heterocycles. The molecule has 21 heavy (non-hydrogen) atoms. The largest absolute Gasteiger partial charge is 0.462 e. The average Bonchev–Trinajstić information content (AvgIpc) is 3.01. The number of anilines is 1. The molecule has 108 valence electrons. The zero-order valence-corrected chi connectivity index (χ0v) is 12.8. The normalized spacial score (nSPS) is 11.0. The average molecular weight is 321 g/mol. The van der Waals surface area contributed by atoms with Crippen LogP contribution in [0.25, 0.3) is 19.8 Å². The van der Waals surface area contributed by atoms with E-state index in [0.29, 0.717) is 17.2 Å². The Kier molecular flexibility index (Phi) is 3.65. The predicted molar refractivity (Wildman–Crippen MR) is 85.5 cm³/mol. The van der Waals surface area contributed by atoms with Gasteiger partial charge in [0.2, 0.25) is 0 Å². The molecule has 0 aliphatic carbocycles. The number of carbonyl (C=O) groups excluding carboxylic acids is 1. The molecule has 1 aromatic carbocycles. The van der Waals surface area contributed by atoms with Crippen LogP contribution >= 0.6 is 22.7 Å². The van der Waals surface area contributed by atoms with Gasteiger partial charge < -0.3 is 10.5 Å². The molecule has 0 unspecified atom stereocenters. The molecule has 2 heterocycles. The zero-order chi connectivity index (χ0) is 15.0. The predicted octanol–water partition coefficient (Wildman–Crippen LogP) is 4.53. The molecule has 2 N–H and O–H groups in total. The number of fused-ring (bicyclic) bond motifs is 1. The third kappa shape index (κ3) is 2.64. The Bertz CT molecular complexity index is 822. The fraction of sp³-hybridized carbons (Fsp3) is 0.133. The zero-order valence-electron chi connectivity index (χ0n) is 11.2. The number of ether oxygens (including phenoxy) is 1. The van der Waals surface area contributed by atoms with E-state index in [1.165, 1.54) is 34.8 Å². The van der Waals surface area contributed by atoms with Crippen molar-refractivity contribution in [1.29, 1.82) is 0 Å². The van der Waals surface area contributed by atoms with Crippen molar-refractivity contribution < 1.29 is 13.9 Å². The minimum Gasteiger partial charge on any atom is -0.462 e. The topological polar surface area (TPSA) is 52.3 Å². The Labute approximate surface area is 128 Å². The smallest absolute Gasteiger partial charge is 0.350 e. The van der Waals surface area contributed by atoms with Gasteiger partial charge in [0.25, 0.3) is 0 Å². The van der Waals surface area contributed by atoms with Crippen LogP contribution in [0, 0.1) is 5.82 Å². The summed E-state index contributed by atoms with van der Waals surface area (Å²) in [5, 5.41) is 0.973. The third-order valence-electron chi connectivity index (χ3n) is 2.95. The van der Waals surface area contributed by atoms with E-state index in [-0.39, 0.29) is 5.82 Å². The van der Waals surface area contributed by atoms with Crippen LogP contribution in [-0.4, -0.2) is 12.6 Å². The SMILES string of the molecule is CCOC(=O)c1sc(-c2cc3ccc(F)cc3s2)cc1N. The molecule has 6 heteroatoms. The highest BCUT2D eigenvalue weighted by molar-refractivity contribution is 7.26. The lowest BCUT2D eigenvalue weighted by Crippen LogP contribution is -2.04. The second-order valence-electron chi connectivity index (χ2n) is 4.41. The maximum Gasteiger partial charge on any atom is 0.350 e. The molecule has 0 aliphatic rings. The van der Waals surface area contributed by atoms with Crippen LogP contribution in [0.15, 0.2) is 30.3 Å². The van der Waals surface area contributed by atoms with Gasteiger partial charge in [0.05, 0.1) is 12.3 Å². The highest BCUT2D eigenvalue weighted by Crippen LogP contribution is 2.40. The summed E-state index contributed by atoms with van der Waals surface area (Å²) in [4.78, 5) is 14.0. The summed E-state index contributed by atoms with van der Waals surface area (Å²) in [7, 11) is 0. The number of nitrogens with two attached hydrogens (primary N) is 1. The molecule has 0 saturated heterocycles. The number of rotatable bonds is 3. The Hall–Kier alpha value is -1.92. The fourth-order valence-electron chi connectivity index (χ4n) is 2.01. The van der Waals surface area contributed by atoms with E-state index in [0.717, 1.165) is 19.8 Å². The summed E-state index contributed by atoms with van der Waals surface area (Å²) in [5.74, 6) is -0.660. The number of hydrogen-bond acceptors (Lipinski definition) is 5. The second kappa shape index (κ2) is 5.46. The molecule has 3 aromatic rings. The van der Waals surface area contributed by atoms with Crippen molar-refractivity contribution in [3.63, 3.8) is 0 Å². The van der Waals surface area contributed by atoms with E-state index < -0.39 is 5.97 Å². The maximum absolute atomic E-state index is 13.2. The van der Waals surface area contributed by atoms with Crippen molar-refractivity contribution in [1.82, 2.24) is 0 Å². The first-order valence-electron chi connectivity index (χ1n) is 6.34. The van der Waals surface area contributed by atoms with E-state index in [9.17, 15) is 9.18 Å². The summed E-state index contributed by atoms with van der Waals surface area (Å²) < 4.78 is 19.1. The molecule has 0 atom stereocenters. The van der Waals surface area contributed by atoms with Crippen molar-refractivity contribution in [2.75, 3.05) is 12.3 Å². The van der Waals surface area contributed by atoms with Gasteiger partial charge in [-0.3, -0.25) is 0 Å². The molecule has 0 aliphatic heterocycles. The van der Waals surface area contributed by atoms with Gasteiger partial charge in [-0.05, 0) is 36.6 Å². The van der Waals surface area contributed by atoms with Crippen LogP contribution in [0.4, 0.5) is 10.1 Å². The molecular weight excluding hydrogens is 309 g/mol. The van der Waals surface area contributed by atoms with Crippen LogP contribution in [0.3, 0.4) is 0 Å². The Balaban J connectivity index is 2.02. The molecule has 0 bridgehead atoms. The summed E-state index contributed by atoms with van der Waals surface area (Å²) in [6.45, 7) is 2.07. The van der Waals surface area contributed by atoms with E-state index in [1.807, 2.05) is 6.07 Å². The number of carbonyl (C=O) groups is 1. The van der Waals surface area contributed by atoms with Crippen molar-refractivity contribution in [3.8, 4) is 9.75 Å². The number of halogens is 1. The molecule has 0 saturated carbocycles. The standard InChI is InChI=1S/C15H12FNO2S2/c1-2-19-15(18)14-10(17)7-13(21-14)12-5-8-3-4-9(16)6-11(8)20-12/h3-7H,2,17H2,1H3. The molecule has 3 rings (SSSR count). The molecular formula is C15H12FNO2S2. The van der Waals surface area contributed by atoms with Gasteiger partial charge in [-0.1, -0.05) is 6.07 Å². The lowest BCUT2D eigenvalue weighted by Gasteiger charge is -1.98. The molecule has 0 radical (unpaired) electrons. The van der Waals surface area contributed by atoms with E-state index >= 15 is 0 Å². The first-order valence-corrected chi connectivity index (χ1v) is 7.97. The third-order valence-corrected chi connectivity index (χ3v) is 5.37. The number of thiophene rings is 2. The van der Waals surface area contributed by atoms with Crippen molar-refractivity contribution >= 4 is 44.4 Å². The first-order chi connectivity index (χ1) is 10.1. The van der Waals surface area contributed by atoms with E-state index in [1.54, 1.807) is 19.1 Å². The molecule has 0 spiro atoms. The van der Waals surface area contributed by atoms with Crippen LogP contribution < -0.4 is 5.73 Å². The summed E-state index contributed by atoms with van der Waals surface area (Å²) in [6.07, 6.45) is 0. The monoisotopic (exact) mass is 321 g/mol. The van der Waals surface area contributed by atoms with Gasteiger partial charge >= 0.3 is 5.97 Å². The summed E-state index contributed by atoms with van der Waals surface area (Å²) >= 11 is 2.77. The van der Waals surface area contributed by atoms with Gasteiger partial charge in [-0.2, -0.15) is 0 Å². The lowest BCUT2D eigenvalue weighted by atomic mass is 10.2. The van der Waals surface area contributed by atoms with Gasteiger partial charge in [-0.25, -0.2) is 9.18 Å². The van der Waals surface area contributed by atoms with Crippen LogP contribution in [0.5, 0.6) is 0 Å². The number of nitrogen functional groups attached to an aromatic ring is 1. The molecule has 0 amide bonds. The van der Waals surface area contributed by atoms with Gasteiger partial charge in [0, 0.05) is 14.5 Å².